The minimum Gasteiger partial charge on any atom is -0.339 e. The molecule has 3 aromatic rings. The summed E-state index contributed by atoms with van der Waals surface area (Å²) in [6.07, 6.45) is 1.35. The molecule has 3 aromatic carbocycles. The van der Waals surface area contributed by atoms with Gasteiger partial charge in [-0.25, -0.2) is 4.39 Å². The topological polar surface area (TPSA) is 90.0 Å². The molecule has 0 bridgehead atoms. The molecule has 1 aliphatic rings. The molecule has 1 heterocycles. The molecule has 0 radical (unpaired) electrons. The van der Waals surface area contributed by atoms with Gasteiger partial charge < -0.3 is 10.6 Å². The predicted molar refractivity (Wildman–Crippen MR) is 112 cm³/mol. The SMILES string of the molecule is NCc1ccc(F)c(C2CCN(C(=O)c3cccc4ccc(N(O)O)cc34)CC2)c1. The Labute approximate surface area is 173 Å². The Bertz CT molecular complexity index is 1080. The van der Waals surface area contributed by atoms with Crippen LogP contribution in [0.25, 0.3) is 10.8 Å². The van der Waals surface area contributed by atoms with Crippen LogP contribution in [-0.4, -0.2) is 34.3 Å². The highest BCUT2D eigenvalue weighted by atomic mass is 19.1. The average Bonchev–Trinajstić information content (AvgIpc) is 2.78. The second-order valence-electron chi connectivity index (χ2n) is 7.63. The standard InChI is InChI=1S/C23H24FN3O3/c24-22-7-4-15(14-25)12-21(22)17-8-10-26(11-9-17)23(28)19-3-1-2-16-5-6-18(27(29)30)13-20(16)19/h1-7,12-13,17,29-30H,8-11,14,25H2. The summed E-state index contributed by atoms with van der Waals surface area (Å²) in [5.74, 6) is -0.289. The highest BCUT2D eigenvalue weighted by Crippen LogP contribution is 2.32. The number of carbonyl (C=O) groups is 1. The van der Waals surface area contributed by atoms with E-state index in [1.165, 1.54) is 6.07 Å². The molecule has 1 amide bonds. The van der Waals surface area contributed by atoms with Gasteiger partial charge in [0.25, 0.3) is 5.91 Å². The molecule has 4 N–H and O–H groups in total. The van der Waals surface area contributed by atoms with Crippen LogP contribution in [0.15, 0.2) is 54.6 Å². The predicted octanol–water partition coefficient (Wildman–Crippen LogP) is 4.04. The zero-order valence-corrected chi connectivity index (χ0v) is 16.5. The van der Waals surface area contributed by atoms with Crippen LogP contribution in [0, 0.1) is 5.82 Å². The van der Waals surface area contributed by atoms with E-state index in [1.54, 1.807) is 35.2 Å². The number of benzene rings is 3. The third-order valence-electron chi connectivity index (χ3n) is 5.85. The molecular formula is C23H24FN3O3. The normalized spacial score (nSPS) is 14.9. The smallest absolute Gasteiger partial charge is 0.254 e. The summed E-state index contributed by atoms with van der Waals surface area (Å²) in [6.45, 7) is 1.42. The lowest BCUT2D eigenvalue weighted by Crippen LogP contribution is -2.38. The van der Waals surface area contributed by atoms with Crippen LogP contribution in [0.4, 0.5) is 10.1 Å². The fraction of sp³-hybridized carbons (Fsp3) is 0.261. The summed E-state index contributed by atoms with van der Waals surface area (Å²) in [4.78, 5) is 15.0. The minimum absolute atomic E-state index is 0.0379. The van der Waals surface area contributed by atoms with E-state index in [1.807, 2.05) is 18.2 Å². The number of amides is 1. The van der Waals surface area contributed by atoms with E-state index in [-0.39, 0.29) is 28.6 Å². The summed E-state index contributed by atoms with van der Waals surface area (Å²) < 4.78 is 14.3. The molecule has 1 saturated heterocycles. The van der Waals surface area contributed by atoms with Gasteiger partial charge in [0.2, 0.25) is 0 Å². The van der Waals surface area contributed by atoms with E-state index < -0.39 is 0 Å². The van der Waals surface area contributed by atoms with E-state index in [4.69, 9.17) is 5.73 Å². The Morgan fingerprint density at radius 2 is 1.87 bits per heavy atom. The molecule has 1 fully saturated rings. The fourth-order valence-corrected chi connectivity index (χ4v) is 4.17. The number of hydrogen-bond donors (Lipinski definition) is 3. The van der Waals surface area contributed by atoms with Gasteiger partial charge in [0.1, 0.15) is 5.82 Å². The van der Waals surface area contributed by atoms with Gasteiger partial charge in [0, 0.05) is 25.2 Å². The third-order valence-corrected chi connectivity index (χ3v) is 5.85. The van der Waals surface area contributed by atoms with Crippen molar-refractivity contribution in [1.82, 2.24) is 4.90 Å². The Kier molecular flexibility index (Phi) is 5.67. The molecule has 0 saturated carbocycles. The number of rotatable bonds is 4. The fourth-order valence-electron chi connectivity index (χ4n) is 4.17. The maximum absolute atomic E-state index is 14.3. The molecule has 0 aliphatic carbocycles. The molecule has 7 heteroatoms. The summed E-state index contributed by atoms with van der Waals surface area (Å²) in [6, 6.07) is 15.3. The molecule has 1 aliphatic heterocycles. The van der Waals surface area contributed by atoms with Gasteiger partial charge in [-0.05, 0) is 64.9 Å². The van der Waals surface area contributed by atoms with Crippen LogP contribution >= 0.6 is 0 Å². The second-order valence-corrected chi connectivity index (χ2v) is 7.63. The van der Waals surface area contributed by atoms with Gasteiger partial charge in [-0.1, -0.05) is 30.3 Å². The largest absolute Gasteiger partial charge is 0.339 e. The van der Waals surface area contributed by atoms with Crippen LogP contribution in [0.1, 0.15) is 40.2 Å². The lowest BCUT2D eigenvalue weighted by Gasteiger charge is -2.33. The van der Waals surface area contributed by atoms with Gasteiger partial charge in [-0.15, -0.1) is 5.23 Å². The number of carbonyl (C=O) groups excluding carboxylic acids is 1. The van der Waals surface area contributed by atoms with Crippen LogP contribution < -0.4 is 11.0 Å². The van der Waals surface area contributed by atoms with Crippen molar-refractivity contribution in [3.05, 3.63) is 77.1 Å². The Morgan fingerprint density at radius 1 is 1.10 bits per heavy atom. The van der Waals surface area contributed by atoms with Gasteiger partial charge in [-0.3, -0.25) is 15.2 Å². The average molecular weight is 409 g/mol. The van der Waals surface area contributed by atoms with Crippen molar-refractivity contribution >= 4 is 22.4 Å². The summed E-state index contributed by atoms with van der Waals surface area (Å²) in [5, 5.41) is 20.2. The lowest BCUT2D eigenvalue weighted by atomic mass is 9.88. The van der Waals surface area contributed by atoms with Gasteiger partial charge in [-0.2, -0.15) is 0 Å². The Morgan fingerprint density at radius 3 is 2.57 bits per heavy atom. The summed E-state index contributed by atoms with van der Waals surface area (Å²) in [7, 11) is 0. The first-order valence-corrected chi connectivity index (χ1v) is 9.96. The van der Waals surface area contributed by atoms with Crippen LogP contribution in [0.3, 0.4) is 0 Å². The number of nitrogens with two attached hydrogens (primary N) is 1. The van der Waals surface area contributed by atoms with Crippen molar-refractivity contribution in [2.24, 2.45) is 5.73 Å². The Hall–Kier alpha value is -3.00. The van der Waals surface area contributed by atoms with Crippen molar-refractivity contribution in [1.29, 1.82) is 0 Å². The zero-order valence-electron chi connectivity index (χ0n) is 16.5. The molecule has 0 spiro atoms. The first kappa shape index (κ1) is 20.3. The number of anilines is 1. The summed E-state index contributed by atoms with van der Waals surface area (Å²) >= 11 is 0. The van der Waals surface area contributed by atoms with E-state index in [2.05, 4.69) is 0 Å². The number of halogens is 1. The second kappa shape index (κ2) is 8.39. The van der Waals surface area contributed by atoms with Crippen molar-refractivity contribution in [2.75, 3.05) is 18.3 Å². The molecule has 156 valence electrons. The molecule has 0 aromatic heterocycles. The zero-order chi connectivity index (χ0) is 21.3. The molecule has 0 atom stereocenters. The van der Waals surface area contributed by atoms with Crippen molar-refractivity contribution < 1.29 is 19.6 Å². The molecule has 30 heavy (non-hydrogen) atoms. The van der Waals surface area contributed by atoms with Crippen LogP contribution in [-0.2, 0) is 6.54 Å². The first-order chi connectivity index (χ1) is 14.5. The first-order valence-electron chi connectivity index (χ1n) is 9.96. The number of piperidine rings is 1. The van der Waals surface area contributed by atoms with E-state index in [0.29, 0.717) is 49.0 Å². The van der Waals surface area contributed by atoms with Gasteiger partial charge in [0.15, 0.2) is 0 Å². The monoisotopic (exact) mass is 409 g/mol. The van der Waals surface area contributed by atoms with Crippen LogP contribution in [0.5, 0.6) is 0 Å². The summed E-state index contributed by atoms with van der Waals surface area (Å²) in [5.41, 5.74) is 7.95. The Balaban J connectivity index is 1.54. The maximum atomic E-state index is 14.3. The number of fused-ring (bicyclic) bond motifs is 1. The maximum Gasteiger partial charge on any atom is 0.254 e. The minimum atomic E-state index is -0.226. The number of hydrogen-bond acceptors (Lipinski definition) is 5. The third kappa shape index (κ3) is 3.87. The van der Waals surface area contributed by atoms with E-state index in [9.17, 15) is 19.6 Å². The molecular weight excluding hydrogens is 385 g/mol. The van der Waals surface area contributed by atoms with Crippen molar-refractivity contribution in [3.8, 4) is 0 Å². The van der Waals surface area contributed by atoms with Gasteiger partial charge >= 0.3 is 0 Å². The quantitative estimate of drug-likeness (QED) is 0.566. The van der Waals surface area contributed by atoms with Crippen molar-refractivity contribution in [3.63, 3.8) is 0 Å². The highest BCUT2D eigenvalue weighted by Gasteiger charge is 2.27. The van der Waals surface area contributed by atoms with Crippen LogP contribution in [0.2, 0.25) is 0 Å². The molecule has 0 unspecified atom stereocenters. The van der Waals surface area contributed by atoms with E-state index in [0.717, 1.165) is 10.9 Å². The highest BCUT2D eigenvalue weighted by molar-refractivity contribution is 6.07. The molecule has 6 nitrogen and oxygen atoms in total. The lowest BCUT2D eigenvalue weighted by molar-refractivity contribution is 0.0292. The van der Waals surface area contributed by atoms with Crippen molar-refractivity contribution in [2.45, 2.75) is 25.3 Å². The van der Waals surface area contributed by atoms with Gasteiger partial charge in [0.05, 0.1) is 5.69 Å². The van der Waals surface area contributed by atoms with E-state index >= 15 is 0 Å². The number of nitrogens with zero attached hydrogens (tertiary/aromatic N) is 2. The molecule has 4 rings (SSSR count). The number of likely N-dealkylation sites (tertiary alicyclic amines) is 1.